The summed E-state index contributed by atoms with van der Waals surface area (Å²) in [7, 11) is 2.05. The van der Waals surface area contributed by atoms with Crippen molar-refractivity contribution in [2.45, 2.75) is 5.37 Å². The number of hydrogen-bond acceptors (Lipinski definition) is 4. The first-order chi connectivity index (χ1) is 11.1. The number of thioether (sulfide) groups is 1. The van der Waals surface area contributed by atoms with E-state index in [4.69, 9.17) is 11.6 Å². The van der Waals surface area contributed by atoms with Gasteiger partial charge in [0.05, 0.1) is 5.75 Å². The molecule has 0 saturated carbocycles. The molecule has 1 atom stereocenters. The summed E-state index contributed by atoms with van der Waals surface area (Å²) < 4.78 is 0. The zero-order valence-electron chi connectivity index (χ0n) is 13.1. The van der Waals surface area contributed by atoms with Crippen LogP contribution < -0.4 is 0 Å². The van der Waals surface area contributed by atoms with Gasteiger partial charge in [-0.3, -0.25) is 9.59 Å². The van der Waals surface area contributed by atoms with Crippen LogP contribution >= 0.6 is 23.4 Å². The van der Waals surface area contributed by atoms with Gasteiger partial charge in [0, 0.05) is 36.8 Å². The van der Waals surface area contributed by atoms with Crippen molar-refractivity contribution in [2.75, 3.05) is 45.5 Å². The van der Waals surface area contributed by atoms with Crippen LogP contribution in [0.3, 0.4) is 0 Å². The molecular formula is C16H20ClN3O2S. The molecular weight excluding hydrogens is 334 g/mol. The molecule has 0 bridgehead atoms. The Morgan fingerprint density at radius 1 is 1.26 bits per heavy atom. The first kappa shape index (κ1) is 16.6. The fraction of sp³-hybridized carbons (Fsp3) is 0.500. The van der Waals surface area contributed by atoms with Gasteiger partial charge in [0.15, 0.2) is 0 Å². The minimum Gasteiger partial charge on any atom is -0.339 e. The van der Waals surface area contributed by atoms with Crippen LogP contribution in [0.25, 0.3) is 0 Å². The quantitative estimate of drug-likeness (QED) is 0.829. The van der Waals surface area contributed by atoms with Crippen LogP contribution in [0.1, 0.15) is 10.9 Å². The standard InChI is InChI=1S/C16H20ClN3O2S/c1-18-6-8-19(9-7-18)14(21)10-20-15(22)11-23-16(20)12-4-2-3-5-13(12)17/h2-5,16H,6-11H2,1H3/t16-/m1/s1. The number of piperazine rings is 1. The first-order valence-electron chi connectivity index (χ1n) is 7.68. The summed E-state index contributed by atoms with van der Waals surface area (Å²) in [5.74, 6) is 0.416. The van der Waals surface area contributed by atoms with Gasteiger partial charge < -0.3 is 14.7 Å². The molecule has 2 fully saturated rings. The molecule has 3 rings (SSSR count). The lowest BCUT2D eigenvalue weighted by Crippen LogP contribution is -2.50. The van der Waals surface area contributed by atoms with E-state index >= 15 is 0 Å². The highest BCUT2D eigenvalue weighted by atomic mass is 35.5. The zero-order valence-corrected chi connectivity index (χ0v) is 14.6. The van der Waals surface area contributed by atoms with Crippen LogP contribution in [0.2, 0.25) is 5.02 Å². The maximum Gasteiger partial charge on any atom is 0.242 e. The van der Waals surface area contributed by atoms with Gasteiger partial charge >= 0.3 is 0 Å². The summed E-state index contributed by atoms with van der Waals surface area (Å²) in [6, 6.07) is 7.52. The van der Waals surface area contributed by atoms with Crippen LogP contribution in [0.15, 0.2) is 24.3 Å². The Morgan fingerprint density at radius 3 is 2.65 bits per heavy atom. The lowest BCUT2D eigenvalue weighted by atomic mass is 10.2. The Balaban J connectivity index is 1.71. The molecule has 0 aliphatic carbocycles. The average Bonchev–Trinajstić information content (AvgIpc) is 2.89. The molecule has 5 nitrogen and oxygen atoms in total. The largest absolute Gasteiger partial charge is 0.339 e. The van der Waals surface area contributed by atoms with Crippen molar-refractivity contribution in [1.29, 1.82) is 0 Å². The normalized spacial score (nSPS) is 22.7. The Labute approximate surface area is 145 Å². The van der Waals surface area contributed by atoms with Crippen molar-refractivity contribution >= 4 is 35.2 Å². The van der Waals surface area contributed by atoms with Crippen molar-refractivity contribution in [1.82, 2.24) is 14.7 Å². The highest BCUT2D eigenvalue weighted by Gasteiger charge is 2.36. The van der Waals surface area contributed by atoms with Crippen LogP contribution in [-0.4, -0.2) is 72.0 Å². The number of amides is 2. The summed E-state index contributed by atoms with van der Waals surface area (Å²) in [5.41, 5.74) is 0.899. The Kier molecular flexibility index (Phi) is 5.14. The SMILES string of the molecule is CN1CCN(C(=O)CN2C(=O)CS[C@@H]2c2ccccc2Cl)CC1. The van der Waals surface area contributed by atoms with Gasteiger partial charge in [-0.15, -0.1) is 11.8 Å². The first-order valence-corrected chi connectivity index (χ1v) is 9.11. The second-order valence-corrected chi connectivity index (χ2v) is 7.37. The summed E-state index contributed by atoms with van der Waals surface area (Å²) in [5, 5.41) is 0.462. The lowest BCUT2D eigenvalue weighted by Gasteiger charge is -2.34. The van der Waals surface area contributed by atoms with E-state index in [9.17, 15) is 9.59 Å². The van der Waals surface area contributed by atoms with E-state index in [2.05, 4.69) is 11.9 Å². The second-order valence-electron chi connectivity index (χ2n) is 5.89. The number of rotatable bonds is 3. The third kappa shape index (κ3) is 3.65. The van der Waals surface area contributed by atoms with Crippen molar-refractivity contribution in [3.05, 3.63) is 34.9 Å². The van der Waals surface area contributed by atoms with E-state index in [-0.39, 0.29) is 23.7 Å². The van der Waals surface area contributed by atoms with Crippen LogP contribution in [0.4, 0.5) is 0 Å². The van der Waals surface area contributed by atoms with Gasteiger partial charge in [0.1, 0.15) is 11.9 Å². The third-order valence-electron chi connectivity index (χ3n) is 4.30. The van der Waals surface area contributed by atoms with Crippen molar-refractivity contribution < 1.29 is 9.59 Å². The molecule has 7 heteroatoms. The number of halogens is 1. The van der Waals surface area contributed by atoms with Crippen molar-refractivity contribution in [3.8, 4) is 0 Å². The molecule has 2 aliphatic heterocycles. The molecule has 0 aromatic heterocycles. The Hall–Kier alpha value is -1.24. The number of likely N-dealkylation sites (N-methyl/N-ethyl adjacent to an activating group) is 1. The maximum absolute atomic E-state index is 12.5. The van der Waals surface area contributed by atoms with E-state index in [0.29, 0.717) is 10.8 Å². The zero-order chi connectivity index (χ0) is 16.4. The number of nitrogens with zero attached hydrogens (tertiary/aromatic N) is 3. The van der Waals surface area contributed by atoms with Crippen molar-refractivity contribution in [2.24, 2.45) is 0 Å². The number of hydrogen-bond donors (Lipinski definition) is 0. The maximum atomic E-state index is 12.5. The summed E-state index contributed by atoms with van der Waals surface area (Å²) in [6.45, 7) is 3.33. The van der Waals surface area contributed by atoms with E-state index in [1.165, 1.54) is 11.8 Å². The third-order valence-corrected chi connectivity index (χ3v) is 5.88. The molecule has 1 aromatic rings. The molecule has 2 heterocycles. The summed E-state index contributed by atoms with van der Waals surface area (Å²) >= 11 is 7.79. The van der Waals surface area contributed by atoms with Gasteiger partial charge in [-0.25, -0.2) is 0 Å². The van der Waals surface area contributed by atoms with Crippen molar-refractivity contribution in [3.63, 3.8) is 0 Å². The van der Waals surface area contributed by atoms with Gasteiger partial charge in [0.2, 0.25) is 11.8 Å². The van der Waals surface area contributed by atoms with Gasteiger partial charge in [-0.05, 0) is 13.1 Å². The lowest BCUT2D eigenvalue weighted by molar-refractivity contribution is -0.140. The molecule has 2 amide bonds. The predicted molar refractivity (Wildman–Crippen MR) is 92.4 cm³/mol. The van der Waals surface area contributed by atoms with E-state index in [1.54, 1.807) is 4.90 Å². The van der Waals surface area contributed by atoms with Gasteiger partial charge in [-0.1, -0.05) is 29.8 Å². The Bertz CT molecular complexity index is 605. The summed E-state index contributed by atoms with van der Waals surface area (Å²) in [6.07, 6.45) is 0. The van der Waals surface area contributed by atoms with E-state index in [0.717, 1.165) is 31.7 Å². The molecule has 0 N–H and O–H groups in total. The fourth-order valence-corrected chi connectivity index (χ4v) is 4.39. The Morgan fingerprint density at radius 2 is 1.96 bits per heavy atom. The topological polar surface area (TPSA) is 43.9 Å². The molecule has 0 spiro atoms. The van der Waals surface area contributed by atoms with Crippen LogP contribution in [-0.2, 0) is 9.59 Å². The minimum absolute atomic E-state index is 0.00222. The van der Waals surface area contributed by atoms with Gasteiger partial charge in [0.25, 0.3) is 0 Å². The van der Waals surface area contributed by atoms with Crippen LogP contribution in [0.5, 0.6) is 0 Å². The molecule has 2 saturated heterocycles. The number of carbonyl (C=O) groups is 2. The van der Waals surface area contributed by atoms with E-state index in [1.807, 2.05) is 29.2 Å². The minimum atomic E-state index is -0.174. The number of benzene rings is 1. The fourth-order valence-electron chi connectivity index (χ4n) is 2.86. The molecule has 2 aliphatic rings. The van der Waals surface area contributed by atoms with E-state index < -0.39 is 0 Å². The monoisotopic (exact) mass is 353 g/mol. The highest BCUT2D eigenvalue weighted by Crippen LogP contribution is 2.41. The molecule has 0 radical (unpaired) electrons. The predicted octanol–water partition coefficient (Wildman–Crippen LogP) is 1.69. The molecule has 1 aromatic carbocycles. The smallest absolute Gasteiger partial charge is 0.242 e. The van der Waals surface area contributed by atoms with Gasteiger partial charge in [-0.2, -0.15) is 0 Å². The molecule has 23 heavy (non-hydrogen) atoms. The highest BCUT2D eigenvalue weighted by molar-refractivity contribution is 8.00. The molecule has 124 valence electrons. The van der Waals surface area contributed by atoms with Crippen LogP contribution in [0, 0.1) is 0 Å². The average molecular weight is 354 g/mol. The second kappa shape index (κ2) is 7.11. The number of carbonyl (C=O) groups excluding carboxylic acids is 2. The summed E-state index contributed by atoms with van der Waals surface area (Å²) in [4.78, 5) is 30.5. The molecule has 0 unspecified atom stereocenters.